The molecule has 0 radical (unpaired) electrons. The second-order valence-electron chi connectivity index (χ2n) is 5.24. The van der Waals surface area contributed by atoms with Crippen LogP contribution in [0.2, 0.25) is 0 Å². The van der Waals surface area contributed by atoms with E-state index in [1.807, 2.05) is 49.4 Å². The van der Waals surface area contributed by atoms with Crippen molar-refractivity contribution >= 4 is 35.6 Å². The zero-order valence-corrected chi connectivity index (χ0v) is 17.9. The average molecular weight is 471 g/mol. The Bertz CT molecular complexity index is 723. The van der Waals surface area contributed by atoms with Crippen molar-refractivity contribution in [3.05, 3.63) is 48.0 Å². The van der Waals surface area contributed by atoms with Crippen LogP contribution in [0.5, 0.6) is 17.2 Å². The van der Waals surface area contributed by atoms with E-state index < -0.39 is 0 Å². The lowest BCUT2D eigenvalue weighted by Gasteiger charge is -2.14. The molecule has 0 amide bonds. The van der Waals surface area contributed by atoms with Crippen molar-refractivity contribution in [2.45, 2.75) is 13.5 Å². The first-order valence-electron chi connectivity index (χ1n) is 8.10. The topological polar surface area (TPSA) is 64.1 Å². The quantitative estimate of drug-likeness (QED) is 0.364. The molecule has 7 heteroatoms. The molecule has 0 heterocycles. The summed E-state index contributed by atoms with van der Waals surface area (Å²) in [5.41, 5.74) is 1.94. The molecule has 0 aliphatic rings. The van der Waals surface area contributed by atoms with Crippen LogP contribution in [0.4, 0.5) is 5.69 Å². The fourth-order valence-corrected chi connectivity index (χ4v) is 2.30. The van der Waals surface area contributed by atoms with Crippen LogP contribution in [-0.4, -0.2) is 33.8 Å². The Kier molecular flexibility index (Phi) is 9.64. The van der Waals surface area contributed by atoms with Crippen LogP contribution in [0.1, 0.15) is 12.5 Å². The van der Waals surface area contributed by atoms with Gasteiger partial charge in [-0.15, -0.1) is 24.0 Å². The number of hydrogen-bond acceptors (Lipinski definition) is 4. The second-order valence-corrected chi connectivity index (χ2v) is 5.24. The second kappa shape index (κ2) is 11.5. The van der Waals surface area contributed by atoms with E-state index in [0.29, 0.717) is 24.0 Å². The predicted molar refractivity (Wildman–Crippen MR) is 116 cm³/mol. The van der Waals surface area contributed by atoms with Gasteiger partial charge in [0.1, 0.15) is 5.75 Å². The van der Waals surface area contributed by atoms with Gasteiger partial charge in [0.2, 0.25) is 0 Å². The average Bonchev–Trinajstić information content (AvgIpc) is 2.66. The summed E-state index contributed by atoms with van der Waals surface area (Å²) in [6.07, 6.45) is 0. The number of aliphatic imine (C=N–C) groups is 1. The molecule has 0 atom stereocenters. The van der Waals surface area contributed by atoms with Crippen LogP contribution in [0.3, 0.4) is 0 Å². The Morgan fingerprint density at radius 3 is 2.38 bits per heavy atom. The van der Waals surface area contributed by atoms with Gasteiger partial charge in [-0.25, -0.2) is 4.99 Å². The normalized spacial score (nSPS) is 10.5. The Balaban J connectivity index is 0.00000338. The maximum atomic E-state index is 5.33. The highest BCUT2D eigenvalue weighted by Gasteiger charge is 2.06. The Hall–Kier alpha value is -2.16. The lowest BCUT2D eigenvalue weighted by atomic mass is 10.2. The van der Waals surface area contributed by atoms with Crippen molar-refractivity contribution in [2.75, 3.05) is 33.2 Å². The Labute approximate surface area is 172 Å². The van der Waals surface area contributed by atoms with Gasteiger partial charge in [-0.1, -0.05) is 12.1 Å². The third-order valence-corrected chi connectivity index (χ3v) is 3.54. The van der Waals surface area contributed by atoms with Gasteiger partial charge >= 0.3 is 0 Å². The van der Waals surface area contributed by atoms with Gasteiger partial charge in [0.15, 0.2) is 17.5 Å². The van der Waals surface area contributed by atoms with Crippen LogP contribution in [0, 0.1) is 0 Å². The monoisotopic (exact) mass is 471 g/mol. The molecule has 0 saturated carbocycles. The maximum absolute atomic E-state index is 5.33. The Morgan fingerprint density at radius 1 is 0.962 bits per heavy atom. The van der Waals surface area contributed by atoms with E-state index in [-0.39, 0.29) is 24.0 Å². The molecule has 0 unspecified atom stereocenters. The minimum atomic E-state index is 0. The third-order valence-electron chi connectivity index (χ3n) is 3.54. The molecule has 2 rings (SSSR count). The summed E-state index contributed by atoms with van der Waals surface area (Å²) >= 11 is 0. The molecular weight excluding hydrogens is 445 g/mol. The molecule has 2 N–H and O–H groups in total. The summed E-state index contributed by atoms with van der Waals surface area (Å²) in [4.78, 5) is 4.62. The van der Waals surface area contributed by atoms with Gasteiger partial charge in [0.05, 0.1) is 27.9 Å². The van der Waals surface area contributed by atoms with Crippen molar-refractivity contribution in [2.24, 2.45) is 4.99 Å². The lowest BCUT2D eigenvalue weighted by molar-refractivity contribution is 0.355. The van der Waals surface area contributed by atoms with Crippen molar-refractivity contribution in [3.8, 4) is 17.2 Å². The number of rotatable bonds is 7. The summed E-state index contributed by atoms with van der Waals surface area (Å²) in [7, 11) is 4.89. The number of nitrogens with zero attached hydrogens (tertiary/aromatic N) is 1. The fraction of sp³-hybridized carbons (Fsp3) is 0.316. The molecule has 142 valence electrons. The molecule has 0 aliphatic carbocycles. The Morgan fingerprint density at radius 2 is 1.73 bits per heavy atom. The number of ether oxygens (including phenoxy) is 3. The summed E-state index contributed by atoms with van der Waals surface area (Å²) in [5, 5.41) is 6.51. The molecule has 0 saturated heterocycles. The highest BCUT2D eigenvalue weighted by Crippen LogP contribution is 2.29. The maximum Gasteiger partial charge on any atom is 0.196 e. The molecule has 0 aromatic heterocycles. The first kappa shape index (κ1) is 21.9. The van der Waals surface area contributed by atoms with Crippen LogP contribution in [-0.2, 0) is 6.54 Å². The van der Waals surface area contributed by atoms with Crippen molar-refractivity contribution in [3.63, 3.8) is 0 Å². The number of hydrogen-bond donors (Lipinski definition) is 2. The number of methoxy groups -OCH3 is 3. The summed E-state index contributed by atoms with van der Waals surface area (Å²) < 4.78 is 15.8. The number of benzene rings is 2. The van der Waals surface area contributed by atoms with E-state index >= 15 is 0 Å². The molecule has 26 heavy (non-hydrogen) atoms. The number of halogens is 1. The van der Waals surface area contributed by atoms with Crippen molar-refractivity contribution < 1.29 is 14.2 Å². The first-order chi connectivity index (χ1) is 12.2. The van der Waals surface area contributed by atoms with Gasteiger partial charge in [-0.2, -0.15) is 0 Å². The summed E-state index contributed by atoms with van der Waals surface area (Å²) in [6.45, 7) is 3.33. The summed E-state index contributed by atoms with van der Waals surface area (Å²) in [5.74, 6) is 2.87. The van der Waals surface area contributed by atoms with Gasteiger partial charge in [0, 0.05) is 18.3 Å². The first-order valence-corrected chi connectivity index (χ1v) is 8.10. The smallest absolute Gasteiger partial charge is 0.196 e. The van der Waals surface area contributed by atoms with E-state index in [9.17, 15) is 0 Å². The predicted octanol–water partition coefficient (Wildman–Crippen LogP) is 3.91. The summed E-state index contributed by atoms with van der Waals surface area (Å²) in [6, 6.07) is 13.5. The molecule has 6 nitrogen and oxygen atoms in total. The largest absolute Gasteiger partial charge is 0.497 e. The molecule has 0 bridgehead atoms. The molecule has 2 aromatic rings. The van der Waals surface area contributed by atoms with Gasteiger partial charge in [0.25, 0.3) is 0 Å². The van der Waals surface area contributed by atoms with E-state index in [0.717, 1.165) is 23.5 Å². The van der Waals surface area contributed by atoms with Crippen LogP contribution >= 0.6 is 24.0 Å². The lowest BCUT2D eigenvalue weighted by Crippen LogP contribution is -2.30. The molecular formula is C19H26IN3O3. The minimum Gasteiger partial charge on any atom is -0.497 e. The molecule has 0 aliphatic heterocycles. The van der Waals surface area contributed by atoms with Gasteiger partial charge in [-0.3, -0.25) is 0 Å². The van der Waals surface area contributed by atoms with Crippen LogP contribution in [0.15, 0.2) is 47.5 Å². The highest BCUT2D eigenvalue weighted by molar-refractivity contribution is 14.0. The van der Waals surface area contributed by atoms with Gasteiger partial charge < -0.3 is 24.8 Å². The number of anilines is 1. The van der Waals surface area contributed by atoms with Crippen LogP contribution in [0.25, 0.3) is 0 Å². The fourth-order valence-electron chi connectivity index (χ4n) is 2.30. The number of guanidine groups is 1. The SMILES string of the molecule is CCNC(=NCc1cccc(OC)c1)Nc1ccc(OC)c(OC)c1.I. The van der Waals surface area contributed by atoms with Gasteiger partial charge in [-0.05, 0) is 36.8 Å². The van der Waals surface area contributed by atoms with E-state index in [4.69, 9.17) is 14.2 Å². The molecule has 0 spiro atoms. The van der Waals surface area contributed by atoms with Crippen LogP contribution < -0.4 is 24.8 Å². The third kappa shape index (κ3) is 6.29. The highest BCUT2D eigenvalue weighted by atomic mass is 127. The minimum absolute atomic E-state index is 0. The zero-order valence-electron chi connectivity index (χ0n) is 15.5. The van der Waals surface area contributed by atoms with Crippen molar-refractivity contribution in [1.29, 1.82) is 0 Å². The zero-order chi connectivity index (χ0) is 18.1. The van der Waals surface area contributed by atoms with E-state index in [1.54, 1.807) is 21.3 Å². The number of nitrogens with one attached hydrogen (secondary N) is 2. The van der Waals surface area contributed by atoms with E-state index in [2.05, 4.69) is 15.6 Å². The van der Waals surface area contributed by atoms with E-state index in [1.165, 1.54) is 0 Å². The van der Waals surface area contributed by atoms with Crippen molar-refractivity contribution in [1.82, 2.24) is 5.32 Å². The standard InChI is InChI=1S/C19H25N3O3.HI/c1-5-20-19(21-13-14-7-6-8-16(11-14)23-2)22-15-9-10-17(24-3)18(12-15)25-4;/h6-12H,5,13H2,1-4H3,(H2,20,21,22);1H. The molecule has 2 aromatic carbocycles. The molecule has 0 fully saturated rings.